The van der Waals surface area contributed by atoms with Crippen molar-refractivity contribution in [2.75, 3.05) is 11.9 Å². The summed E-state index contributed by atoms with van der Waals surface area (Å²) in [5.74, 6) is -0.129. The van der Waals surface area contributed by atoms with Crippen LogP contribution in [0.5, 0.6) is 0 Å². The van der Waals surface area contributed by atoms with E-state index in [0.717, 1.165) is 6.42 Å². The molecule has 1 fully saturated rings. The van der Waals surface area contributed by atoms with Gasteiger partial charge in [0, 0.05) is 11.7 Å². The molecule has 0 spiro atoms. The van der Waals surface area contributed by atoms with E-state index in [1.54, 1.807) is 24.3 Å². The number of nitrogens with zero attached hydrogens (tertiary/aromatic N) is 1. The Morgan fingerprint density at radius 1 is 1.41 bits per heavy atom. The molecule has 0 bridgehead atoms. The first-order valence-electron chi connectivity index (χ1n) is 7.45. The molecule has 1 aromatic rings. The molecule has 2 rings (SSSR count). The zero-order valence-corrected chi connectivity index (χ0v) is 13.6. The summed E-state index contributed by atoms with van der Waals surface area (Å²) in [5.41, 5.74) is 0.675. The third-order valence-electron chi connectivity index (χ3n) is 3.86. The first kappa shape index (κ1) is 16.5. The number of amides is 1. The zero-order valence-electron chi connectivity index (χ0n) is 13.6. The van der Waals surface area contributed by atoms with Gasteiger partial charge >= 0.3 is 0 Å². The van der Waals surface area contributed by atoms with Gasteiger partial charge in [-0.05, 0) is 52.3 Å². The molecular weight excluding hydrogens is 278 g/mol. The van der Waals surface area contributed by atoms with Gasteiger partial charge in [-0.1, -0.05) is 6.07 Å². The average molecular weight is 301 g/mol. The van der Waals surface area contributed by atoms with E-state index in [-0.39, 0.29) is 29.7 Å². The van der Waals surface area contributed by atoms with Crippen LogP contribution in [0.25, 0.3) is 0 Å². The lowest BCUT2D eigenvalue weighted by Crippen LogP contribution is -2.46. The smallest absolute Gasteiger partial charge is 0.238 e. The Hall–Kier alpha value is -1.90. The molecule has 1 heterocycles. The van der Waals surface area contributed by atoms with Gasteiger partial charge in [0.15, 0.2) is 0 Å². The number of hydrogen-bond acceptors (Lipinski definition) is 4. The summed E-state index contributed by atoms with van der Waals surface area (Å²) < 4.78 is 6.00. The van der Waals surface area contributed by atoms with Gasteiger partial charge in [0.1, 0.15) is 0 Å². The number of rotatable bonds is 4. The molecule has 22 heavy (non-hydrogen) atoms. The van der Waals surface area contributed by atoms with Crippen LogP contribution in [0.2, 0.25) is 0 Å². The van der Waals surface area contributed by atoms with Gasteiger partial charge in [0.25, 0.3) is 0 Å². The number of carbonyl (C=O) groups excluding carboxylic acids is 1. The van der Waals surface area contributed by atoms with E-state index in [1.165, 1.54) is 0 Å². The molecule has 1 aliphatic heterocycles. The van der Waals surface area contributed by atoms with Crippen molar-refractivity contribution in [3.8, 4) is 6.07 Å². The summed E-state index contributed by atoms with van der Waals surface area (Å²) in [4.78, 5) is 12.0. The zero-order chi connectivity index (χ0) is 16.4. The highest BCUT2D eigenvalue weighted by atomic mass is 16.5. The van der Waals surface area contributed by atoms with Crippen LogP contribution >= 0.6 is 0 Å². The Balaban J connectivity index is 1.89. The average Bonchev–Trinajstić information content (AvgIpc) is 2.64. The van der Waals surface area contributed by atoms with Crippen LogP contribution in [-0.4, -0.2) is 29.7 Å². The summed E-state index contributed by atoms with van der Waals surface area (Å²) in [6.07, 6.45) is 0.858. The van der Waals surface area contributed by atoms with Crippen molar-refractivity contribution in [2.24, 2.45) is 0 Å². The minimum Gasteiger partial charge on any atom is -0.368 e. The molecule has 1 aliphatic rings. The lowest BCUT2D eigenvalue weighted by molar-refractivity contribution is -0.115. The molecule has 1 aromatic carbocycles. The highest BCUT2D eigenvalue weighted by Crippen LogP contribution is 2.37. The van der Waals surface area contributed by atoms with Crippen molar-refractivity contribution >= 4 is 11.6 Å². The topological polar surface area (TPSA) is 74.2 Å². The van der Waals surface area contributed by atoms with Gasteiger partial charge in [0.05, 0.1) is 29.4 Å². The highest BCUT2D eigenvalue weighted by Gasteiger charge is 2.45. The molecule has 0 aliphatic carbocycles. The summed E-state index contributed by atoms with van der Waals surface area (Å²) in [6.45, 7) is 8.40. The van der Waals surface area contributed by atoms with Gasteiger partial charge < -0.3 is 15.4 Å². The fourth-order valence-corrected chi connectivity index (χ4v) is 2.97. The van der Waals surface area contributed by atoms with Crippen LogP contribution in [0.3, 0.4) is 0 Å². The Morgan fingerprint density at radius 2 is 2.14 bits per heavy atom. The number of anilines is 1. The van der Waals surface area contributed by atoms with Gasteiger partial charge in [-0.15, -0.1) is 0 Å². The van der Waals surface area contributed by atoms with E-state index in [0.29, 0.717) is 11.3 Å². The van der Waals surface area contributed by atoms with E-state index in [2.05, 4.69) is 30.6 Å². The van der Waals surface area contributed by atoms with Crippen molar-refractivity contribution in [3.05, 3.63) is 29.8 Å². The van der Waals surface area contributed by atoms with Crippen molar-refractivity contribution in [1.82, 2.24) is 5.32 Å². The second-order valence-electron chi connectivity index (χ2n) is 6.84. The summed E-state index contributed by atoms with van der Waals surface area (Å²) in [5, 5.41) is 14.9. The van der Waals surface area contributed by atoms with Gasteiger partial charge in [-0.25, -0.2) is 0 Å². The monoisotopic (exact) mass is 301 g/mol. The standard InChI is InChI=1S/C17H23N3O2/c1-16(2)9-14(17(3,4)22-16)19-11-15(21)20-13-7-5-6-12(8-13)10-18/h5-8,14,19H,9,11H2,1-4H3,(H,20,21)/t14-/m0/s1. The van der Waals surface area contributed by atoms with Gasteiger partial charge in [0.2, 0.25) is 5.91 Å². The molecule has 5 nitrogen and oxygen atoms in total. The number of ether oxygens (including phenoxy) is 1. The van der Waals surface area contributed by atoms with Crippen LogP contribution in [0.15, 0.2) is 24.3 Å². The molecule has 2 N–H and O–H groups in total. The van der Waals surface area contributed by atoms with Crippen molar-refractivity contribution in [3.63, 3.8) is 0 Å². The highest BCUT2D eigenvalue weighted by molar-refractivity contribution is 5.92. The maximum Gasteiger partial charge on any atom is 0.238 e. The van der Waals surface area contributed by atoms with Crippen LogP contribution in [-0.2, 0) is 9.53 Å². The lowest BCUT2D eigenvalue weighted by atomic mass is 9.94. The predicted molar refractivity (Wildman–Crippen MR) is 85.4 cm³/mol. The second kappa shape index (κ2) is 6.07. The summed E-state index contributed by atoms with van der Waals surface area (Å²) in [7, 11) is 0. The molecule has 1 atom stereocenters. The van der Waals surface area contributed by atoms with Gasteiger partial charge in [-0.2, -0.15) is 5.26 Å². The van der Waals surface area contributed by atoms with E-state index in [1.807, 2.05) is 13.8 Å². The maximum absolute atomic E-state index is 12.0. The molecule has 5 heteroatoms. The van der Waals surface area contributed by atoms with Crippen LogP contribution in [0.4, 0.5) is 5.69 Å². The molecule has 0 unspecified atom stereocenters. The molecule has 1 amide bonds. The minimum atomic E-state index is -0.301. The number of carbonyl (C=O) groups is 1. The third-order valence-corrected chi connectivity index (χ3v) is 3.86. The van der Waals surface area contributed by atoms with Crippen molar-refractivity contribution in [2.45, 2.75) is 51.4 Å². The van der Waals surface area contributed by atoms with E-state index in [9.17, 15) is 4.79 Å². The Kier molecular flexibility index (Phi) is 4.55. The molecule has 0 radical (unpaired) electrons. The molecule has 1 saturated heterocycles. The van der Waals surface area contributed by atoms with E-state index >= 15 is 0 Å². The summed E-state index contributed by atoms with van der Waals surface area (Å²) in [6, 6.07) is 9.05. The van der Waals surface area contributed by atoms with Crippen LogP contribution in [0, 0.1) is 11.3 Å². The van der Waals surface area contributed by atoms with Crippen molar-refractivity contribution in [1.29, 1.82) is 5.26 Å². The number of hydrogen-bond donors (Lipinski definition) is 2. The van der Waals surface area contributed by atoms with Crippen LogP contribution in [0.1, 0.15) is 39.7 Å². The third kappa shape index (κ3) is 4.06. The normalized spacial score (nSPS) is 22.0. The first-order valence-corrected chi connectivity index (χ1v) is 7.45. The van der Waals surface area contributed by atoms with Gasteiger partial charge in [-0.3, -0.25) is 4.79 Å². The first-order chi connectivity index (χ1) is 10.2. The van der Waals surface area contributed by atoms with Crippen LogP contribution < -0.4 is 10.6 Å². The van der Waals surface area contributed by atoms with Crippen molar-refractivity contribution < 1.29 is 9.53 Å². The number of nitrogens with one attached hydrogen (secondary N) is 2. The summed E-state index contributed by atoms with van der Waals surface area (Å²) >= 11 is 0. The minimum absolute atomic E-state index is 0.124. The largest absolute Gasteiger partial charge is 0.368 e. The molecule has 118 valence electrons. The SMILES string of the molecule is CC1(C)C[C@H](NCC(=O)Nc2cccc(C#N)c2)C(C)(C)O1. The van der Waals surface area contributed by atoms with E-state index < -0.39 is 0 Å². The second-order valence-corrected chi connectivity index (χ2v) is 6.84. The van der Waals surface area contributed by atoms with E-state index in [4.69, 9.17) is 10.00 Å². The predicted octanol–water partition coefficient (Wildman–Crippen LogP) is 2.43. The Morgan fingerprint density at radius 3 is 2.73 bits per heavy atom. The number of nitriles is 1. The molecule has 0 saturated carbocycles. The lowest BCUT2D eigenvalue weighted by Gasteiger charge is -2.27. The fourth-order valence-electron chi connectivity index (χ4n) is 2.97. The molecule has 0 aromatic heterocycles. The fraction of sp³-hybridized carbons (Fsp3) is 0.529. The Bertz CT molecular complexity index is 602. The Labute approximate surface area is 131 Å². The quantitative estimate of drug-likeness (QED) is 0.895. The molecular formula is C17H23N3O2. The maximum atomic E-state index is 12.0. The number of benzene rings is 1.